The fraction of sp³-hybridized carbons (Fsp3) is 0.493. The molecule has 1 fully saturated rings. The van der Waals surface area contributed by atoms with Gasteiger partial charge in [0.1, 0.15) is 28.9 Å². The standard InChI is InChI=1S/C67H86N2O8/c1-6-8-9-10-11-12-13-14-15-25-44-73-65(72)69(48-53-32-26-31-51-29-19-20-33-56(51)53)62-47-60(68-77-66(3,4)5)58-45-52(30-21-23-41-70)57(34-22-24-42-71)63-59-46-55(39-40-61(59)76-67(62,64(58)63)74-43-7-2)75-54-37-35-50(36-38-54)49-27-17-16-18-28-49/h7,16-20,26-29,31-33,35-40,45-46,52,57,62-64,70-71H,2,6,8-15,21-25,30,34,41-44,47-48H2,1,3-5H3/t52-,57+,62-,63+,64+,67+/m0/s1. The Morgan fingerprint density at radius 3 is 2.14 bits per heavy atom. The van der Waals surface area contributed by atoms with Crippen molar-refractivity contribution < 1.29 is 38.8 Å². The molecular formula is C67H86N2O8. The number of rotatable bonds is 29. The summed E-state index contributed by atoms with van der Waals surface area (Å²) in [6, 6.07) is 38.4. The molecule has 1 heterocycles. The highest BCUT2D eigenvalue weighted by Crippen LogP contribution is 2.62. The van der Waals surface area contributed by atoms with Crippen molar-refractivity contribution in [2.24, 2.45) is 22.9 Å². The van der Waals surface area contributed by atoms with Crippen molar-refractivity contribution in [3.8, 4) is 28.4 Å². The molecule has 0 spiro atoms. The quantitative estimate of drug-likeness (QED) is 0.0276. The zero-order valence-electron chi connectivity index (χ0n) is 46.5. The molecule has 8 rings (SSSR count). The second kappa shape index (κ2) is 28.1. The van der Waals surface area contributed by atoms with Crippen LogP contribution in [0.5, 0.6) is 17.2 Å². The van der Waals surface area contributed by atoms with Gasteiger partial charge in [0.15, 0.2) is 0 Å². The van der Waals surface area contributed by atoms with Gasteiger partial charge in [0.05, 0.1) is 31.4 Å². The first-order valence-electron chi connectivity index (χ1n) is 29.1. The van der Waals surface area contributed by atoms with E-state index >= 15 is 4.79 Å². The molecular weight excluding hydrogens is 961 g/mol. The number of oxime groups is 1. The van der Waals surface area contributed by atoms with Crippen molar-refractivity contribution in [2.45, 2.75) is 167 Å². The van der Waals surface area contributed by atoms with Gasteiger partial charge in [-0.25, -0.2) is 4.79 Å². The maximum Gasteiger partial charge on any atom is 0.410 e. The third kappa shape index (κ3) is 14.6. The van der Waals surface area contributed by atoms with E-state index in [1.54, 1.807) is 6.08 Å². The third-order valence-electron chi connectivity index (χ3n) is 15.8. The monoisotopic (exact) mass is 1050 g/mol. The number of carbonyl (C=O) groups excluding carboxylic acids is 1. The number of hydrogen-bond donors (Lipinski definition) is 2. The zero-order chi connectivity index (χ0) is 54.0. The van der Waals surface area contributed by atoms with E-state index in [9.17, 15) is 10.2 Å². The van der Waals surface area contributed by atoms with E-state index in [-0.39, 0.29) is 50.5 Å². The highest BCUT2D eigenvalue weighted by Gasteiger charge is 2.66. The van der Waals surface area contributed by atoms with Gasteiger partial charge in [0.2, 0.25) is 5.79 Å². The normalized spacial score (nSPS) is 21.1. The molecule has 77 heavy (non-hydrogen) atoms. The number of aliphatic hydroxyl groups excluding tert-OH is 2. The van der Waals surface area contributed by atoms with Crippen molar-refractivity contribution in [3.63, 3.8) is 0 Å². The Hall–Kier alpha value is -5.94. The van der Waals surface area contributed by atoms with Gasteiger partial charge in [-0.3, -0.25) is 4.90 Å². The smallest absolute Gasteiger partial charge is 0.410 e. The lowest BCUT2D eigenvalue weighted by Crippen LogP contribution is -2.70. The molecule has 2 aliphatic carbocycles. The van der Waals surface area contributed by atoms with Crippen LogP contribution in [-0.2, 0) is 20.9 Å². The Bertz CT molecular complexity index is 2710. The molecule has 3 aliphatic rings. The largest absolute Gasteiger partial charge is 0.459 e. The number of benzene rings is 5. The minimum atomic E-state index is -1.46. The lowest BCUT2D eigenvalue weighted by atomic mass is 9.55. The fourth-order valence-electron chi connectivity index (χ4n) is 12.1. The number of amides is 1. The number of nitrogens with zero attached hydrogens (tertiary/aromatic N) is 2. The molecule has 0 saturated heterocycles. The van der Waals surface area contributed by atoms with Crippen LogP contribution in [0.15, 0.2) is 145 Å². The van der Waals surface area contributed by atoms with Crippen molar-refractivity contribution >= 4 is 22.6 Å². The molecule has 10 heteroatoms. The average Bonchev–Trinajstić information content (AvgIpc) is 3.53. The van der Waals surface area contributed by atoms with E-state index in [4.69, 9.17) is 28.9 Å². The molecule has 1 saturated carbocycles. The molecule has 412 valence electrons. The summed E-state index contributed by atoms with van der Waals surface area (Å²) >= 11 is 0. The number of fused-ring (bicyclic) bond motifs is 3. The highest BCUT2D eigenvalue weighted by molar-refractivity contribution is 6.03. The molecule has 10 nitrogen and oxygen atoms in total. The van der Waals surface area contributed by atoms with E-state index in [0.29, 0.717) is 36.7 Å². The Morgan fingerprint density at radius 1 is 0.766 bits per heavy atom. The highest BCUT2D eigenvalue weighted by atomic mass is 16.7. The van der Waals surface area contributed by atoms with E-state index in [1.165, 1.54) is 44.9 Å². The molecule has 0 unspecified atom stereocenters. The summed E-state index contributed by atoms with van der Waals surface area (Å²) in [7, 11) is 0. The topological polar surface area (TPSA) is 119 Å². The second-order valence-electron chi connectivity index (χ2n) is 22.5. The number of carbonyl (C=O) groups is 1. The zero-order valence-corrected chi connectivity index (χ0v) is 46.5. The molecule has 0 bridgehead atoms. The van der Waals surface area contributed by atoms with E-state index in [0.717, 1.165) is 89.3 Å². The van der Waals surface area contributed by atoms with Crippen LogP contribution in [0.3, 0.4) is 0 Å². The minimum Gasteiger partial charge on any atom is -0.459 e. The number of unbranched alkanes of at least 4 members (excludes halogenated alkanes) is 11. The Balaban J connectivity index is 1.24. The Morgan fingerprint density at radius 2 is 1.43 bits per heavy atom. The van der Waals surface area contributed by atoms with E-state index < -0.39 is 29.4 Å². The first-order chi connectivity index (χ1) is 37.6. The maximum atomic E-state index is 15.4. The first kappa shape index (κ1) is 57.2. The number of aliphatic hydroxyl groups is 2. The summed E-state index contributed by atoms with van der Waals surface area (Å²) in [6.45, 7) is 13.3. The fourth-order valence-corrected chi connectivity index (χ4v) is 12.1. The predicted octanol–water partition coefficient (Wildman–Crippen LogP) is 16.3. The van der Waals surface area contributed by atoms with Gasteiger partial charge in [-0.15, -0.1) is 6.58 Å². The van der Waals surface area contributed by atoms with Crippen molar-refractivity contribution in [1.29, 1.82) is 0 Å². The van der Waals surface area contributed by atoms with Crippen LogP contribution in [0.25, 0.3) is 21.9 Å². The summed E-state index contributed by atoms with van der Waals surface area (Å²) in [5.74, 6) is -0.0188. The number of hydrogen-bond acceptors (Lipinski definition) is 9. The van der Waals surface area contributed by atoms with Gasteiger partial charge >= 0.3 is 6.09 Å². The average molecular weight is 1050 g/mol. The molecule has 5 aromatic carbocycles. The molecule has 5 aromatic rings. The van der Waals surface area contributed by atoms with Crippen LogP contribution in [0.4, 0.5) is 4.79 Å². The third-order valence-corrected chi connectivity index (χ3v) is 15.8. The van der Waals surface area contributed by atoms with Gasteiger partial charge in [-0.05, 0) is 128 Å². The minimum absolute atomic E-state index is 0.0436. The van der Waals surface area contributed by atoms with Crippen molar-refractivity contribution in [2.75, 3.05) is 26.4 Å². The maximum absolute atomic E-state index is 15.4. The second-order valence-corrected chi connectivity index (χ2v) is 22.5. The SMILES string of the molecule is C=CCO[C@@]12Oc3ccc(Oc4ccc(-c5ccccc5)cc4)cc3[C@H]3[C@H](CCCCO)[C@@H](CCCCO)C=C(C(=NOC(C)(C)C)C[C@@H]1N(Cc1cccc4ccccc14)C(=O)OCCCCCCCCCCCC)[C@H]32. The molecule has 6 atom stereocenters. The molecule has 1 amide bonds. The number of allylic oxidation sites excluding steroid dienone is 1. The van der Waals surface area contributed by atoms with Gasteiger partial charge < -0.3 is 34.0 Å². The van der Waals surface area contributed by atoms with Crippen LogP contribution in [0.2, 0.25) is 0 Å². The molecule has 2 N–H and O–H groups in total. The lowest BCUT2D eigenvalue weighted by Gasteiger charge is -2.60. The van der Waals surface area contributed by atoms with Crippen LogP contribution >= 0.6 is 0 Å². The van der Waals surface area contributed by atoms with Crippen molar-refractivity contribution in [3.05, 3.63) is 151 Å². The summed E-state index contributed by atoms with van der Waals surface area (Å²) in [6.07, 6.45) is 20.4. The Labute approximate surface area is 459 Å². The predicted molar refractivity (Wildman–Crippen MR) is 310 cm³/mol. The van der Waals surface area contributed by atoms with Gasteiger partial charge in [0.25, 0.3) is 0 Å². The van der Waals surface area contributed by atoms with E-state index in [2.05, 4.69) is 80.2 Å². The van der Waals surface area contributed by atoms with Crippen LogP contribution in [0.1, 0.15) is 154 Å². The van der Waals surface area contributed by atoms with Gasteiger partial charge in [-0.1, -0.05) is 180 Å². The van der Waals surface area contributed by atoms with Crippen LogP contribution in [-0.4, -0.2) is 70.8 Å². The summed E-state index contributed by atoms with van der Waals surface area (Å²) in [5, 5.41) is 27.5. The van der Waals surface area contributed by atoms with Crippen LogP contribution < -0.4 is 9.47 Å². The van der Waals surface area contributed by atoms with E-state index in [1.807, 2.05) is 80.3 Å². The van der Waals surface area contributed by atoms with Gasteiger partial charge in [-0.2, -0.15) is 0 Å². The van der Waals surface area contributed by atoms with Crippen LogP contribution in [0, 0.1) is 17.8 Å². The summed E-state index contributed by atoms with van der Waals surface area (Å²) in [5.41, 5.74) is 5.29. The molecule has 0 radical (unpaired) electrons. The summed E-state index contributed by atoms with van der Waals surface area (Å²) < 4.78 is 28.1. The summed E-state index contributed by atoms with van der Waals surface area (Å²) in [4.78, 5) is 23.7. The first-order valence-corrected chi connectivity index (χ1v) is 29.1. The molecule has 0 aromatic heterocycles. The number of ether oxygens (including phenoxy) is 4. The molecule has 1 aliphatic heterocycles. The Kier molecular flexibility index (Phi) is 20.9. The lowest BCUT2D eigenvalue weighted by molar-refractivity contribution is -0.256. The van der Waals surface area contributed by atoms with Gasteiger partial charge in [0, 0.05) is 31.1 Å². The van der Waals surface area contributed by atoms with Crippen molar-refractivity contribution in [1.82, 2.24) is 4.90 Å².